The van der Waals surface area contributed by atoms with Crippen molar-refractivity contribution >= 4 is 16.7 Å². The number of aromatic nitrogens is 2. The van der Waals surface area contributed by atoms with Crippen molar-refractivity contribution in [3.8, 4) is 0 Å². The van der Waals surface area contributed by atoms with Crippen LogP contribution in [0.5, 0.6) is 0 Å². The number of benzene rings is 1. The predicted molar refractivity (Wildman–Crippen MR) is 79.7 cm³/mol. The summed E-state index contributed by atoms with van der Waals surface area (Å²) in [5, 5.41) is 0.815. The zero-order chi connectivity index (χ0) is 15.2. The second-order valence-electron chi connectivity index (χ2n) is 6.35. The van der Waals surface area contributed by atoms with Crippen LogP contribution in [0.15, 0.2) is 12.1 Å². The molecule has 0 amide bonds. The van der Waals surface area contributed by atoms with Crippen molar-refractivity contribution in [2.75, 3.05) is 11.4 Å². The van der Waals surface area contributed by atoms with E-state index in [1.807, 2.05) is 4.90 Å². The van der Waals surface area contributed by atoms with Gasteiger partial charge < -0.3 is 4.90 Å². The van der Waals surface area contributed by atoms with Gasteiger partial charge in [0, 0.05) is 36.1 Å². The summed E-state index contributed by atoms with van der Waals surface area (Å²) in [5.74, 6) is -0.170. The summed E-state index contributed by atoms with van der Waals surface area (Å²) >= 11 is 1.34. The van der Waals surface area contributed by atoms with Gasteiger partial charge in [0.2, 0.25) is 5.13 Å². The Morgan fingerprint density at radius 3 is 2.67 bits per heavy atom. The first-order valence-electron chi connectivity index (χ1n) is 6.90. The van der Waals surface area contributed by atoms with E-state index in [4.69, 9.17) is 0 Å². The van der Waals surface area contributed by atoms with Gasteiger partial charge in [0.25, 0.3) is 0 Å². The van der Waals surface area contributed by atoms with E-state index in [0.29, 0.717) is 30.6 Å². The monoisotopic (exact) mass is 309 g/mol. The van der Waals surface area contributed by atoms with Crippen molar-refractivity contribution in [3.05, 3.63) is 40.7 Å². The topological polar surface area (TPSA) is 29.0 Å². The zero-order valence-electron chi connectivity index (χ0n) is 12.3. The van der Waals surface area contributed by atoms with Gasteiger partial charge in [-0.3, -0.25) is 0 Å². The lowest BCUT2D eigenvalue weighted by atomic mass is 9.96. The molecule has 0 saturated heterocycles. The summed E-state index contributed by atoms with van der Waals surface area (Å²) in [6.07, 6.45) is 0.561. The van der Waals surface area contributed by atoms with Gasteiger partial charge in [-0.15, -0.1) is 0 Å². The number of anilines is 1. The van der Waals surface area contributed by atoms with Gasteiger partial charge in [0.15, 0.2) is 0 Å². The number of hydrogen-bond acceptors (Lipinski definition) is 4. The quantitative estimate of drug-likeness (QED) is 0.805. The van der Waals surface area contributed by atoms with Crippen LogP contribution in [0.1, 0.15) is 37.7 Å². The molecule has 2 heterocycles. The fraction of sp³-hybridized carbons (Fsp3) is 0.467. The molecule has 1 aromatic carbocycles. The van der Waals surface area contributed by atoms with E-state index in [2.05, 4.69) is 30.1 Å². The lowest BCUT2D eigenvalue weighted by Crippen LogP contribution is -2.31. The fourth-order valence-corrected chi connectivity index (χ4v) is 3.30. The first-order chi connectivity index (χ1) is 9.84. The minimum absolute atomic E-state index is 0.0966. The van der Waals surface area contributed by atoms with Crippen LogP contribution in [-0.2, 0) is 18.4 Å². The number of hydrogen-bond donors (Lipinski definition) is 0. The molecule has 0 N–H and O–H groups in total. The summed E-state index contributed by atoms with van der Waals surface area (Å²) in [6, 6.07) is 2.37. The zero-order valence-corrected chi connectivity index (χ0v) is 13.1. The second-order valence-corrected chi connectivity index (χ2v) is 7.08. The van der Waals surface area contributed by atoms with E-state index >= 15 is 0 Å². The highest BCUT2D eigenvalue weighted by molar-refractivity contribution is 7.09. The molecule has 1 aliphatic heterocycles. The van der Waals surface area contributed by atoms with Gasteiger partial charge in [0.1, 0.15) is 17.5 Å². The Balaban J connectivity index is 1.88. The smallest absolute Gasteiger partial charge is 0.205 e. The van der Waals surface area contributed by atoms with Crippen LogP contribution in [0, 0.1) is 11.6 Å². The summed E-state index contributed by atoms with van der Waals surface area (Å²) in [5.41, 5.74) is 1.22. The lowest BCUT2D eigenvalue weighted by Gasteiger charge is -2.28. The molecule has 1 aromatic heterocycles. The molecule has 0 fully saturated rings. The maximum atomic E-state index is 13.7. The van der Waals surface area contributed by atoms with Crippen LogP contribution in [0.4, 0.5) is 13.9 Å². The van der Waals surface area contributed by atoms with Gasteiger partial charge in [-0.25, -0.2) is 13.8 Å². The SMILES string of the molecule is CC(C)(C)c1nsc(N2CCc3c(F)cc(F)cc3C2)n1. The highest BCUT2D eigenvalue weighted by atomic mass is 32.1. The summed E-state index contributed by atoms with van der Waals surface area (Å²) in [4.78, 5) is 6.60. The third-order valence-electron chi connectivity index (χ3n) is 3.60. The van der Waals surface area contributed by atoms with Crippen molar-refractivity contribution in [1.82, 2.24) is 9.36 Å². The maximum absolute atomic E-state index is 13.7. The van der Waals surface area contributed by atoms with Crippen molar-refractivity contribution in [2.45, 2.75) is 39.2 Å². The predicted octanol–water partition coefficient (Wildman–Crippen LogP) is 3.68. The Morgan fingerprint density at radius 1 is 1.24 bits per heavy atom. The lowest BCUT2D eigenvalue weighted by molar-refractivity contribution is 0.549. The van der Waals surface area contributed by atoms with Gasteiger partial charge in [-0.1, -0.05) is 20.8 Å². The molecule has 6 heteroatoms. The molecular formula is C15H17F2N3S. The first kappa shape index (κ1) is 14.4. The average molecular weight is 309 g/mol. The van der Waals surface area contributed by atoms with Gasteiger partial charge in [-0.2, -0.15) is 4.37 Å². The minimum Gasteiger partial charge on any atom is -0.342 e. The normalized spacial score (nSPS) is 15.2. The molecule has 0 saturated carbocycles. The molecule has 3 rings (SSSR count). The van der Waals surface area contributed by atoms with Crippen molar-refractivity contribution in [2.24, 2.45) is 0 Å². The molecule has 0 bridgehead atoms. The molecule has 112 valence electrons. The number of nitrogens with zero attached hydrogens (tertiary/aromatic N) is 3. The van der Waals surface area contributed by atoms with Crippen LogP contribution in [0.2, 0.25) is 0 Å². The third-order valence-corrected chi connectivity index (χ3v) is 4.38. The number of rotatable bonds is 1. The van der Waals surface area contributed by atoms with Gasteiger partial charge >= 0.3 is 0 Å². The number of fused-ring (bicyclic) bond motifs is 1. The molecule has 1 aliphatic rings. The molecule has 0 radical (unpaired) electrons. The molecular weight excluding hydrogens is 292 g/mol. The van der Waals surface area contributed by atoms with Crippen molar-refractivity contribution < 1.29 is 8.78 Å². The standard InChI is InChI=1S/C15H17F2N3S/c1-15(2,3)13-18-14(21-19-13)20-5-4-11-9(8-20)6-10(16)7-12(11)17/h6-7H,4-5,8H2,1-3H3. The summed E-state index contributed by atoms with van der Waals surface area (Å²) in [7, 11) is 0. The van der Waals surface area contributed by atoms with E-state index < -0.39 is 11.6 Å². The highest BCUT2D eigenvalue weighted by Gasteiger charge is 2.25. The van der Waals surface area contributed by atoms with Crippen LogP contribution in [0.25, 0.3) is 0 Å². The van der Waals surface area contributed by atoms with E-state index in [9.17, 15) is 8.78 Å². The minimum atomic E-state index is -0.527. The molecule has 0 aliphatic carbocycles. The molecule has 0 unspecified atom stereocenters. The Morgan fingerprint density at radius 2 is 2.00 bits per heavy atom. The van der Waals surface area contributed by atoms with Crippen molar-refractivity contribution in [3.63, 3.8) is 0 Å². The Hall–Kier alpha value is -1.56. The first-order valence-corrected chi connectivity index (χ1v) is 7.68. The fourth-order valence-electron chi connectivity index (χ4n) is 2.42. The molecule has 3 nitrogen and oxygen atoms in total. The second kappa shape index (κ2) is 5.02. The Bertz CT molecular complexity index is 676. The van der Waals surface area contributed by atoms with E-state index in [1.165, 1.54) is 17.6 Å². The molecule has 0 spiro atoms. The molecule has 0 atom stereocenters. The van der Waals surface area contributed by atoms with Gasteiger partial charge in [0.05, 0.1) is 0 Å². The van der Waals surface area contributed by atoms with E-state index in [0.717, 1.165) is 17.0 Å². The van der Waals surface area contributed by atoms with Crippen LogP contribution >= 0.6 is 11.5 Å². The Kier molecular flexibility index (Phi) is 3.43. The highest BCUT2D eigenvalue weighted by Crippen LogP contribution is 2.30. The van der Waals surface area contributed by atoms with Crippen LogP contribution in [0.3, 0.4) is 0 Å². The average Bonchev–Trinajstić information content (AvgIpc) is 2.87. The Labute approximate surface area is 126 Å². The van der Waals surface area contributed by atoms with Crippen LogP contribution in [-0.4, -0.2) is 15.9 Å². The molecule has 21 heavy (non-hydrogen) atoms. The number of halogens is 2. The van der Waals surface area contributed by atoms with Crippen LogP contribution < -0.4 is 4.90 Å². The third kappa shape index (κ3) is 2.77. The van der Waals surface area contributed by atoms with Crippen molar-refractivity contribution in [1.29, 1.82) is 0 Å². The van der Waals surface area contributed by atoms with E-state index in [1.54, 1.807) is 0 Å². The summed E-state index contributed by atoms with van der Waals surface area (Å²) < 4.78 is 31.5. The van der Waals surface area contributed by atoms with E-state index in [-0.39, 0.29) is 5.41 Å². The maximum Gasteiger partial charge on any atom is 0.205 e. The summed E-state index contributed by atoms with van der Waals surface area (Å²) in [6.45, 7) is 7.34. The molecule has 2 aromatic rings. The largest absolute Gasteiger partial charge is 0.342 e. The van der Waals surface area contributed by atoms with Gasteiger partial charge in [-0.05, 0) is 23.6 Å².